The molecule has 1 aromatic carbocycles. The number of hydrogen-bond donors (Lipinski definition) is 0. The number of ketones is 1. The van der Waals surface area contributed by atoms with E-state index in [1.54, 1.807) is 0 Å². The summed E-state index contributed by atoms with van der Waals surface area (Å²) >= 11 is 8.00. The van der Waals surface area contributed by atoms with E-state index in [0.717, 1.165) is 34.1 Å². The number of carbonyl (C=O) groups excluding carboxylic acids is 1. The lowest BCUT2D eigenvalue weighted by Crippen LogP contribution is -2.16. The quantitative estimate of drug-likeness (QED) is 0.821. The highest BCUT2D eigenvalue weighted by Gasteiger charge is 2.23. The summed E-state index contributed by atoms with van der Waals surface area (Å²) in [6.45, 7) is 2.01. The van der Waals surface area contributed by atoms with Crippen LogP contribution in [0.1, 0.15) is 17.5 Å². The lowest BCUT2D eigenvalue weighted by molar-refractivity contribution is -0.121. The molecule has 2 rings (SSSR count). The Balaban J connectivity index is 2.05. The van der Waals surface area contributed by atoms with Crippen LogP contribution in [-0.4, -0.2) is 17.3 Å². The Morgan fingerprint density at radius 2 is 2.38 bits per heavy atom. The number of aryl methyl sites for hydroxylation is 1. The molecule has 1 aliphatic rings. The van der Waals surface area contributed by atoms with E-state index in [1.165, 1.54) is 0 Å². The third-order valence-corrected chi connectivity index (χ3v) is 4.47. The van der Waals surface area contributed by atoms with Crippen LogP contribution in [0.4, 0.5) is 0 Å². The Kier molecular flexibility index (Phi) is 3.93. The zero-order chi connectivity index (χ0) is 11.5. The van der Waals surface area contributed by atoms with Gasteiger partial charge in [-0.2, -0.15) is 11.8 Å². The summed E-state index contributed by atoms with van der Waals surface area (Å²) in [5, 5.41) is 0.721. The van der Waals surface area contributed by atoms with E-state index in [1.807, 2.05) is 36.9 Å². The molecule has 0 saturated carbocycles. The molecule has 0 amide bonds. The van der Waals surface area contributed by atoms with Crippen LogP contribution in [0.2, 0.25) is 5.02 Å². The fraction of sp³-hybridized carbons (Fsp3) is 0.462. The maximum atomic E-state index is 12.0. The maximum Gasteiger partial charge on any atom is 0.141 e. The van der Waals surface area contributed by atoms with Gasteiger partial charge in [-0.05, 0) is 36.3 Å². The molecule has 0 bridgehead atoms. The first-order valence-electron chi connectivity index (χ1n) is 5.52. The summed E-state index contributed by atoms with van der Waals surface area (Å²) in [7, 11) is 0. The van der Waals surface area contributed by atoms with Gasteiger partial charge in [0.15, 0.2) is 0 Å². The van der Waals surface area contributed by atoms with Gasteiger partial charge in [-0.15, -0.1) is 0 Å². The molecule has 0 spiro atoms. The molecule has 1 aliphatic heterocycles. The lowest BCUT2D eigenvalue weighted by atomic mass is 9.97. The summed E-state index contributed by atoms with van der Waals surface area (Å²) in [5.41, 5.74) is 2.10. The van der Waals surface area contributed by atoms with E-state index in [2.05, 4.69) is 0 Å². The Labute approximate surface area is 106 Å². The topological polar surface area (TPSA) is 17.1 Å². The van der Waals surface area contributed by atoms with Gasteiger partial charge in [0.05, 0.1) is 0 Å². The van der Waals surface area contributed by atoms with Crippen molar-refractivity contribution in [3.8, 4) is 0 Å². The highest BCUT2D eigenvalue weighted by Crippen LogP contribution is 2.26. The lowest BCUT2D eigenvalue weighted by Gasteiger charge is -2.08. The van der Waals surface area contributed by atoms with E-state index >= 15 is 0 Å². The molecule has 1 nitrogen and oxygen atoms in total. The first-order chi connectivity index (χ1) is 7.66. The van der Waals surface area contributed by atoms with Crippen LogP contribution >= 0.6 is 23.4 Å². The van der Waals surface area contributed by atoms with Crippen LogP contribution in [0.25, 0.3) is 0 Å². The maximum absolute atomic E-state index is 12.0. The molecule has 1 aromatic rings. The van der Waals surface area contributed by atoms with Crippen molar-refractivity contribution >= 4 is 29.1 Å². The second kappa shape index (κ2) is 5.24. The van der Waals surface area contributed by atoms with Crippen molar-refractivity contribution in [2.75, 3.05) is 11.5 Å². The first kappa shape index (κ1) is 12.0. The second-order valence-corrected chi connectivity index (χ2v) is 5.86. The molecule has 1 fully saturated rings. The van der Waals surface area contributed by atoms with Crippen molar-refractivity contribution < 1.29 is 4.79 Å². The molecule has 1 saturated heterocycles. The summed E-state index contributed by atoms with van der Waals surface area (Å²) < 4.78 is 0. The van der Waals surface area contributed by atoms with Gasteiger partial charge in [-0.3, -0.25) is 4.79 Å². The predicted molar refractivity (Wildman–Crippen MR) is 70.3 cm³/mol. The van der Waals surface area contributed by atoms with Gasteiger partial charge in [0, 0.05) is 23.1 Å². The number of benzene rings is 1. The zero-order valence-corrected chi connectivity index (χ0v) is 10.9. The van der Waals surface area contributed by atoms with Crippen LogP contribution in [0, 0.1) is 12.8 Å². The van der Waals surface area contributed by atoms with Crippen LogP contribution < -0.4 is 0 Å². The molecule has 1 atom stereocenters. The standard InChI is InChI=1S/C13H15ClOS/c1-9-2-3-10(12(14)6-9)7-13(15)11-4-5-16-8-11/h2-3,6,11H,4-5,7-8H2,1H3. The molecule has 1 unspecified atom stereocenters. The molecule has 1 heterocycles. The SMILES string of the molecule is Cc1ccc(CC(=O)C2CCSC2)c(Cl)c1. The highest BCUT2D eigenvalue weighted by atomic mass is 35.5. The molecule has 86 valence electrons. The Morgan fingerprint density at radius 1 is 1.56 bits per heavy atom. The fourth-order valence-corrected chi connectivity index (χ4v) is 3.47. The molecule has 0 aliphatic carbocycles. The molecule has 3 heteroatoms. The minimum Gasteiger partial charge on any atom is -0.299 e. The highest BCUT2D eigenvalue weighted by molar-refractivity contribution is 7.99. The van der Waals surface area contributed by atoms with Crippen LogP contribution in [-0.2, 0) is 11.2 Å². The number of rotatable bonds is 3. The van der Waals surface area contributed by atoms with E-state index < -0.39 is 0 Å². The molecular formula is C13H15ClOS. The Bertz CT molecular complexity index is 397. The number of hydrogen-bond acceptors (Lipinski definition) is 2. The van der Waals surface area contributed by atoms with Gasteiger partial charge in [0.2, 0.25) is 0 Å². The molecule has 0 radical (unpaired) electrons. The van der Waals surface area contributed by atoms with Crippen LogP contribution in [0.3, 0.4) is 0 Å². The van der Waals surface area contributed by atoms with E-state index in [9.17, 15) is 4.79 Å². The van der Waals surface area contributed by atoms with Gasteiger partial charge < -0.3 is 0 Å². The van der Waals surface area contributed by atoms with Crippen molar-refractivity contribution in [1.29, 1.82) is 0 Å². The van der Waals surface area contributed by atoms with Gasteiger partial charge in [0.25, 0.3) is 0 Å². The monoisotopic (exact) mass is 254 g/mol. The Morgan fingerprint density at radius 3 is 3.00 bits per heavy atom. The van der Waals surface area contributed by atoms with E-state index in [4.69, 9.17) is 11.6 Å². The summed E-state index contributed by atoms with van der Waals surface area (Å²) in [4.78, 5) is 12.0. The summed E-state index contributed by atoms with van der Waals surface area (Å²) in [6, 6.07) is 5.91. The number of halogens is 1. The van der Waals surface area contributed by atoms with Crippen molar-refractivity contribution in [1.82, 2.24) is 0 Å². The van der Waals surface area contributed by atoms with Crippen molar-refractivity contribution in [2.24, 2.45) is 5.92 Å². The molecule has 16 heavy (non-hydrogen) atoms. The molecular weight excluding hydrogens is 240 g/mol. The summed E-state index contributed by atoms with van der Waals surface area (Å²) in [5.74, 6) is 2.71. The van der Waals surface area contributed by atoms with Crippen molar-refractivity contribution in [2.45, 2.75) is 19.8 Å². The smallest absolute Gasteiger partial charge is 0.141 e. The normalized spacial score (nSPS) is 20.0. The third-order valence-electron chi connectivity index (χ3n) is 2.96. The minimum atomic E-state index is 0.252. The summed E-state index contributed by atoms with van der Waals surface area (Å²) in [6.07, 6.45) is 1.53. The largest absolute Gasteiger partial charge is 0.299 e. The van der Waals surface area contributed by atoms with Gasteiger partial charge in [0.1, 0.15) is 5.78 Å². The fourth-order valence-electron chi connectivity index (χ4n) is 1.92. The second-order valence-electron chi connectivity index (χ2n) is 4.30. The number of Topliss-reactive ketones (excluding diaryl/α,β-unsaturated/α-hetero) is 1. The van der Waals surface area contributed by atoms with Crippen molar-refractivity contribution in [3.63, 3.8) is 0 Å². The average molecular weight is 255 g/mol. The van der Waals surface area contributed by atoms with Crippen LogP contribution in [0.5, 0.6) is 0 Å². The van der Waals surface area contributed by atoms with Gasteiger partial charge in [-0.1, -0.05) is 23.7 Å². The van der Waals surface area contributed by atoms with Gasteiger partial charge >= 0.3 is 0 Å². The van der Waals surface area contributed by atoms with E-state index in [0.29, 0.717) is 12.2 Å². The number of thioether (sulfide) groups is 1. The zero-order valence-electron chi connectivity index (χ0n) is 9.33. The molecule has 0 N–H and O–H groups in total. The average Bonchev–Trinajstić information content (AvgIpc) is 2.75. The van der Waals surface area contributed by atoms with Gasteiger partial charge in [-0.25, -0.2) is 0 Å². The van der Waals surface area contributed by atoms with E-state index in [-0.39, 0.29) is 5.92 Å². The molecule has 0 aromatic heterocycles. The third kappa shape index (κ3) is 2.80. The Hall–Kier alpha value is -0.470. The van der Waals surface area contributed by atoms with Crippen molar-refractivity contribution in [3.05, 3.63) is 34.3 Å². The first-order valence-corrected chi connectivity index (χ1v) is 7.05. The van der Waals surface area contributed by atoms with Crippen LogP contribution in [0.15, 0.2) is 18.2 Å². The number of carbonyl (C=O) groups is 1. The predicted octanol–water partition coefficient (Wildman–Crippen LogP) is 3.51. The minimum absolute atomic E-state index is 0.252.